The molecule has 1 aliphatic rings. The minimum atomic E-state index is -0.445. The molecule has 1 N–H and O–H groups in total. The summed E-state index contributed by atoms with van der Waals surface area (Å²) in [5.41, 5.74) is 5.16. The van der Waals surface area contributed by atoms with Crippen molar-refractivity contribution in [2.24, 2.45) is 0 Å². The van der Waals surface area contributed by atoms with Crippen molar-refractivity contribution in [3.63, 3.8) is 0 Å². The van der Waals surface area contributed by atoms with E-state index in [-0.39, 0.29) is 11.3 Å². The Morgan fingerprint density at radius 3 is 2.28 bits per heavy atom. The van der Waals surface area contributed by atoms with Crippen LogP contribution < -0.4 is 15.0 Å². The third kappa shape index (κ3) is 3.76. The highest BCUT2D eigenvalue weighted by Gasteiger charge is 2.41. The lowest BCUT2D eigenvalue weighted by Crippen LogP contribution is -2.33. The number of amides is 2. The van der Waals surface area contributed by atoms with Crippen LogP contribution in [0.15, 0.2) is 66.4 Å². The van der Waals surface area contributed by atoms with Crippen molar-refractivity contribution >= 4 is 40.4 Å². The van der Waals surface area contributed by atoms with Gasteiger partial charge in [-0.3, -0.25) is 9.59 Å². The van der Waals surface area contributed by atoms with Crippen molar-refractivity contribution in [2.75, 3.05) is 17.3 Å². The lowest BCUT2D eigenvalue weighted by Gasteiger charge is -2.18. The SMILES string of the molecule is COc1ccccc1C1=C(Nc2ccc(C)c(C)c2)C(=O)N(c2cc(Cl)ccc2C)C1=O. The summed E-state index contributed by atoms with van der Waals surface area (Å²) in [6.07, 6.45) is 0. The Kier molecular flexibility index (Phi) is 5.76. The fourth-order valence-electron chi connectivity index (χ4n) is 3.75. The number of methoxy groups -OCH3 is 1. The van der Waals surface area contributed by atoms with E-state index in [2.05, 4.69) is 5.32 Å². The van der Waals surface area contributed by atoms with E-state index in [1.807, 2.05) is 51.1 Å². The number of para-hydroxylation sites is 1. The topological polar surface area (TPSA) is 58.6 Å². The summed E-state index contributed by atoms with van der Waals surface area (Å²) in [5, 5.41) is 3.65. The molecule has 162 valence electrons. The second-order valence-corrected chi connectivity index (χ2v) is 8.19. The van der Waals surface area contributed by atoms with Gasteiger partial charge in [0.05, 0.1) is 18.4 Å². The number of benzene rings is 3. The molecule has 5 nitrogen and oxygen atoms in total. The van der Waals surface area contributed by atoms with Crippen LogP contribution in [-0.2, 0) is 9.59 Å². The average Bonchev–Trinajstić information content (AvgIpc) is 3.01. The number of nitrogens with zero attached hydrogens (tertiary/aromatic N) is 1. The van der Waals surface area contributed by atoms with Crippen LogP contribution in [0.25, 0.3) is 5.57 Å². The first-order chi connectivity index (χ1) is 15.3. The molecule has 32 heavy (non-hydrogen) atoms. The third-order valence-electron chi connectivity index (χ3n) is 5.65. The van der Waals surface area contributed by atoms with E-state index in [0.717, 1.165) is 22.4 Å². The van der Waals surface area contributed by atoms with Crippen LogP contribution >= 0.6 is 11.6 Å². The number of ether oxygens (including phenoxy) is 1. The molecule has 0 fully saturated rings. The van der Waals surface area contributed by atoms with Crippen LogP contribution in [-0.4, -0.2) is 18.9 Å². The van der Waals surface area contributed by atoms with Crippen molar-refractivity contribution < 1.29 is 14.3 Å². The van der Waals surface area contributed by atoms with E-state index in [9.17, 15) is 9.59 Å². The van der Waals surface area contributed by atoms with Crippen molar-refractivity contribution in [2.45, 2.75) is 20.8 Å². The number of rotatable bonds is 5. The number of halogens is 1. The largest absolute Gasteiger partial charge is 0.496 e. The standard InChI is InChI=1S/C26H23ClN2O3/c1-15-10-12-19(13-17(15)3)28-24-23(20-7-5-6-8-22(20)32-4)25(30)29(26(24)31)21-14-18(27)11-9-16(21)2/h5-14,28H,1-4H3. The van der Waals surface area contributed by atoms with E-state index in [1.165, 1.54) is 12.0 Å². The van der Waals surface area contributed by atoms with E-state index in [4.69, 9.17) is 16.3 Å². The highest BCUT2D eigenvalue weighted by Crippen LogP contribution is 2.39. The molecular weight excluding hydrogens is 424 g/mol. The zero-order valence-corrected chi connectivity index (χ0v) is 19.1. The van der Waals surface area contributed by atoms with Gasteiger partial charge in [-0.2, -0.15) is 0 Å². The Morgan fingerprint density at radius 2 is 1.56 bits per heavy atom. The average molecular weight is 447 g/mol. The minimum absolute atomic E-state index is 0.196. The highest BCUT2D eigenvalue weighted by molar-refractivity contribution is 6.46. The van der Waals surface area contributed by atoms with Crippen LogP contribution in [0.4, 0.5) is 11.4 Å². The monoisotopic (exact) mass is 446 g/mol. The first-order valence-corrected chi connectivity index (χ1v) is 10.6. The number of hydrogen-bond acceptors (Lipinski definition) is 4. The van der Waals surface area contributed by atoms with Gasteiger partial charge in [0.2, 0.25) is 0 Å². The molecule has 3 aromatic carbocycles. The Balaban J connectivity index is 1.89. The molecule has 1 heterocycles. The maximum absolute atomic E-state index is 13.7. The number of nitrogens with one attached hydrogen (secondary N) is 1. The van der Waals surface area contributed by atoms with E-state index >= 15 is 0 Å². The van der Waals surface area contributed by atoms with Crippen LogP contribution in [0.1, 0.15) is 22.3 Å². The van der Waals surface area contributed by atoms with Crippen LogP contribution in [0.3, 0.4) is 0 Å². The van der Waals surface area contributed by atoms with Crippen molar-refractivity contribution in [3.05, 3.63) is 93.6 Å². The van der Waals surface area contributed by atoms with Gasteiger partial charge < -0.3 is 10.1 Å². The minimum Gasteiger partial charge on any atom is -0.496 e. The lowest BCUT2D eigenvalue weighted by atomic mass is 10.0. The predicted molar refractivity (Wildman–Crippen MR) is 128 cm³/mol. The summed E-state index contributed by atoms with van der Waals surface area (Å²) in [4.78, 5) is 28.5. The summed E-state index contributed by atoms with van der Waals surface area (Å²) >= 11 is 6.19. The smallest absolute Gasteiger partial charge is 0.282 e. The zero-order chi connectivity index (χ0) is 23.0. The second-order valence-electron chi connectivity index (χ2n) is 7.75. The molecule has 0 atom stereocenters. The number of aryl methyl sites for hydroxylation is 3. The Morgan fingerprint density at radius 1 is 0.844 bits per heavy atom. The summed E-state index contributed by atoms with van der Waals surface area (Å²) in [7, 11) is 1.54. The van der Waals surface area contributed by atoms with Gasteiger partial charge in [-0.15, -0.1) is 0 Å². The van der Waals surface area contributed by atoms with Gasteiger partial charge in [0.25, 0.3) is 11.8 Å². The number of carbonyl (C=O) groups is 2. The summed E-state index contributed by atoms with van der Waals surface area (Å²) in [5.74, 6) is -0.372. The normalized spacial score (nSPS) is 13.7. The first-order valence-electron chi connectivity index (χ1n) is 10.2. The number of carbonyl (C=O) groups excluding carboxylic acids is 2. The molecule has 0 spiro atoms. The lowest BCUT2D eigenvalue weighted by molar-refractivity contribution is -0.120. The Bertz CT molecular complexity index is 1280. The second kappa shape index (κ2) is 8.52. The number of hydrogen-bond donors (Lipinski definition) is 1. The van der Waals surface area contributed by atoms with E-state index < -0.39 is 11.8 Å². The summed E-state index contributed by atoms with van der Waals surface area (Å²) in [6.45, 7) is 5.86. The molecule has 0 aromatic heterocycles. The van der Waals surface area contributed by atoms with Crippen LogP contribution in [0, 0.1) is 20.8 Å². The van der Waals surface area contributed by atoms with Gasteiger partial charge in [0.1, 0.15) is 11.4 Å². The fraction of sp³-hybridized carbons (Fsp3) is 0.154. The molecule has 0 radical (unpaired) electrons. The molecule has 1 aliphatic heterocycles. The maximum Gasteiger partial charge on any atom is 0.282 e. The quantitative estimate of drug-likeness (QED) is 0.513. The fourth-order valence-corrected chi connectivity index (χ4v) is 3.92. The first kappa shape index (κ1) is 21.7. The van der Waals surface area contributed by atoms with Crippen molar-refractivity contribution in [1.29, 1.82) is 0 Å². The molecule has 2 amide bonds. The van der Waals surface area contributed by atoms with Crippen LogP contribution in [0.5, 0.6) is 5.75 Å². The van der Waals surface area contributed by atoms with Gasteiger partial charge in [0, 0.05) is 16.3 Å². The van der Waals surface area contributed by atoms with Crippen molar-refractivity contribution in [3.8, 4) is 5.75 Å². The van der Waals surface area contributed by atoms with E-state index in [1.54, 1.807) is 30.3 Å². The summed E-state index contributed by atoms with van der Waals surface area (Å²) in [6, 6.07) is 18.1. The van der Waals surface area contributed by atoms with Gasteiger partial charge >= 0.3 is 0 Å². The van der Waals surface area contributed by atoms with Gasteiger partial charge in [-0.05, 0) is 67.8 Å². The Hall–Kier alpha value is -3.57. The number of anilines is 2. The van der Waals surface area contributed by atoms with Gasteiger partial charge in [-0.25, -0.2) is 4.90 Å². The molecule has 0 saturated heterocycles. The molecule has 3 aromatic rings. The maximum atomic E-state index is 13.7. The molecule has 0 unspecified atom stereocenters. The molecule has 0 bridgehead atoms. The summed E-state index contributed by atoms with van der Waals surface area (Å²) < 4.78 is 5.49. The highest BCUT2D eigenvalue weighted by atomic mass is 35.5. The predicted octanol–water partition coefficient (Wildman–Crippen LogP) is 5.67. The van der Waals surface area contributed by atoms with E-state index in [0.29, 0.717) is 22.0 Å². The van der Waals surface area contributed by atoms with Crippen LogP contribution in [0.2, 0.25) is 5.02 Å². The Labute approximate surface area is 192 Å². The zero-order valence-electron chi connectivity index (χ0n) is 18.3. The third-order valence-corrected chi connectivity index (χ3v) is 5.88. The van der Waals surface area contributed by atoms with Crippen molar-refractivity contribution in [1.82, 2.24) is 0 Å². The van der Waals surface area contributed by atoms with Gasteiger partial charge in [0.15, 0.2) is 0 Å². The number of imide groups is 1. The molecule has 0 aliphatic carbocycles. The molecule has 4 rings (SSSR count). The molecule has 6 heteroatoms. The van der Waals surface area contributed by atoms with Gasteiger partial charge in [-0.1, -0.05) is 41.9 Å². The molecular formula is C26H23ClN2O3. The molecule has 0 saturated carbocycles.